The van der Waals surface area contributed by atoms with Gasteiger partial charge in [0.15, 0.2) is 0 Å². The Balaban J connectivity index is 2.90. The molecule has 0 aliphatic heterocycles. The van der Waals surface area contributed by atoms with Crippen LogP contribution in [0, 0.1) is 0 Å². The highest BCUT2D eigenvalue weighted by atomic mass is 35.5. The van der Waals surface area contributed by atoms with Gasteiger partial charge >= 0.3 is 0 Å². The van der Waals surface area contributed by atoms with Gasteiger partial charge in [0, 0.05) is 6.92 Å². The average molecular weight is 225 g/mol. The smallest absolute Gasteiger partial charge is 0.243 e. The van der Waals surface area contributed by atoms with E-state index in [4.69, 9.17) is 33.4 Å². The van der Waals surface area contributed by atoms with Gasteiger partial charge in [0.05, 0.1) is 0 Å². The molecule has 0 bridgehead atoms. The van der Waals surface area contributed by atoms with E-state index in [1.807, 2.05) is 0 Å². The van der Waals surface area contributed by atoms with Crippen molar-refractivity contribution >= 4 is 29.2 Å². The van der Waals surface area contributed by atoms with Crippen molar-refractivity contribution in [3.63, 3.8) is 0 Å². The summed E-state index contributed by atoms with van der Waals surface area (Å²) in [5.41, 5.74) is 0. The average Bonchev–Trinajstić information content (AvgIpc) is 1.78. The van der Waals surface area contributed by atoms with Crippen molar-refractivity contribution in [2.75, 3.05) is 5.32 Å². The Bertz CT molecular complexity index is 294. The van der Waals surface area contributed by atoms with Gasteiger partial charge in [-0.05, 0) is 23.2 Å². The predicted octanol–water partition coefficient (Wildman–Crippen LogP) is 0.249. The number of nitrogens with one attached hydrogen (secondary N) is 1. The molecule has 0 saturated carbocycles. The lowest BCUT2D eigenvalue weighted by atomic mass is 10.6. The molecule has 1 rings (SSSR count). The summed E-state index contributed by atoms with van der Waals surface area (Å²) >= 11 is 10.9. The summed E-state index contributed by atoms with van der Waals surface area (Å²) in [6.45, 7) is 1.10. The third-order valence-corrected chi connectivity index (χ3v) is 1.27. The second-order valence-corrected chi connectivity index (χ2v) is 3.02. The van der Waals surface area contributed by atoms with Crippen LogP contribution >= 0.6 is 23.2 Å². The number of halogens is 2. The first kappa shape index (κ1) is 10.4. The Kier molecular flexibility index (Phi) is 2.87. The van der Waals surface area contributed by atoms with Crippen molar-refractivity contribution < 1.29 is 10.2 Å². The highest BCUT2D eigenvalue weighted by Crippen LogP contribution is 2.11. The van der Waals surface area contributed by atoms with E-state index in [-0.39, 0.29) is 16.5 Å². The molecular weight excluding hydrogens is 219 g/mol. The monoisotopic (exact) mass is 224 g/mol. The molecule has 0 aliphatic carbocycles. The SMILES string of the molecule is CC(O)(O)Nc1nc(Cl)nc(Cl)n1. The topological polar surface area (TPSA) is 91.2 Å². The van der Waals surface area contributed by atoms with Crippen LogP contribution in [0.4, 0.5) is 5.95 Å². The standard InChI is InChI=1S/C5H6Cl2N4O2/c1-5(12,13)11-4-9-2(6)8-3(7)10-4/h12-13H,1H3,(H,8,9,10,11). The summed E-state index contributed by atoms with van der Waals surface area (Å²) < 4.78 is 0. The van der Waals surface area contributed by atoms with E-state index in [0.717, 1.165) is 6.92 Å². The van der Waals surface area contributed by atoms with Crippen molar-refractivity contribution in [1.29, 1.82) is 0 Å². The lowest BCUT2D eigenvalue weighted by molar-refractivity contribution is -0.119. The molecular formula is C5H6Cl2N4O2. The van der Waals surface area contributed by atoms with E-state index < -0.39 is 5.91 Å². The highest BCUT2D eigenvalue weighted by Gasteiger charge is 2.16. The molecule has 8 heteroatoms. The Morgan fingerprint density at radius 3 is 2.00 bits per heavy atom. The van der Waals surface area contributed by atoms with E-state index in [2.05, 4.69) is 20.3 Å². The maximum atomic E-state index is 8.91. The van der Waals surface area contributed by atoms with Gasteiger partial charge in [-0.15, -0.1) is 0 Å². The quantitative estimate of drug-likeness (QED) is 0.625. The van der Waals surface area contributed by atoms with E-state index in [1.54, 1.807) is 0 Å². The van der Waals surface area contributed by atoms with Crippen LogP contribution in [0.1, 0.15) is 6.92 Å². The molecule has 0 saturated heterocycles. The Hall–Kier alpha value is -0.690. The minimum atomic E-state index is -2.13. The number of nitrogens with zero attached hydrogens (tertiary/aromatic N) is 3. The van der Waals surface area contributed by atoms with Gasteiger partial charge in [0.1, 0.15) is 0 Å². The van der Waals surface area contributed by atoms with Crippen LogP contribution in [0.3, 0.4) is 0 Å². The Morgan fingerprint density at radius 2 is 1.62 bits per heavy atom. The second-order valence-electron chi connectivity index (χ2n) is 2.34. The van der Waals surface area contributed by atoms with Crippen molar-refractivity contribution in [3.05, 3.63) is 10.6 Å². The van der Waals surface area contributed by atoms with Crippen molar-refractivity contribution in [2.24, 2.45) is 0 Å². The first-order valence-electron chi connectivity index (χ1n) is 3.17. The molecule has 0 aliphatic rings. The fraction of sp³-hybridized carbons (Fsp3) is 0.400. The van der Waals surface area contributed by atoms with Crippen LogP contribution in [-0.4, -0.2) is 31.1 Å². The molecule has 0 unspecified atom stereocenters. The largest absolute Gasteiger partial charge is 0.349 e. The van der Waals surface area contributed by atoms with E-state index in [9.17, 15) is 0 Å². The molecule has 0 fully saturated rings. The summed E-state index contributed by atoms with van der Waals surface area (Å²) in [5, 5.41) is 19.7. The predicted molar refractivity (Wildman–Crippen MR) is 46.3 cm³/mol. The lowest BCUT2D eigenvalue weighted by Gasteiger charge is -2.16. The van der Waals surface area contributed by atoms with E-state index in [0.29, 0.717) is 0 Å². The highest BCUT2D eigenvalue weighted by molar-refractivity contribution is 6.31. The maximum Gasteiger partial charge on any atom is 0.243 e. The Labute approximate surface area is 83.6 Å². The number of aromatic nitrogens is 3. The second kappa shape index (κ2) is 3.59. The zero-order valence-electron chi connectivity index (χ0n) is 6.49. The number of hydrogen-bond acceptors (Lipinski definition) is 6. The number of anilines is 1. The molecule has 0 atom stereocenters. The molecule has 3 N–H and O–H groups in total. The van der Waals surface area contributed by atoms with Gasteiger partial charge in [-0.25, -0.2) is 0 Å². The fourth-order valence-electron chi connectivity index (χ4n) is 0.594. The van der Waals surface area contributed by atoms with Gasteiger partial charge in [0.2, 0.25) is 22.4 Å². The van der Waals surface area contributed by atoms with Crippen LogP contribution in [0.2, 0.25) is 10.6 Å². The summed E-state index contributed by atoms with van der Waals surface area (Å²) in [6.07, 6.45) is 0. The molecule has 6 nitrogen and oxygen atoms in total. The molecule has 1 heterocycles. The molecule has 0 radical (unpaired) electrons. The van der Waals surface area contributed by atoms with Gasteiger partial charge in [-0.2, -0.15) is 15.0 Å². The zero-order valence-corrected chi connectivity index (χ0v) is 8.00. The van der Waals surface area contributed by atoms with Crippen molar-refractivity contribution in [3.8, 4) is 0 Å². The van der Waals surface area contributed by atoms with Gasteiger partial charge in [-0.1, -0.05) is 0 Å². The zero-order chi connectivity index (χ0) is 10.1. The number of hydrogen-bond donors (Lipinski definition) is 3. The van der Waals surface area contributed by atoms with Gasteiger partial charge < -0.3 is 15.5 Å². The third kappa shape index (κ3) is 3.69. The van der Waals surface area contributed by atoms with E-state index in [1.165, 1.54) is 0 Å². The summed E-state index contributed by atoms with van der Waals surface area (Å²) in [7, 11) is 0. The number of rotatable bonds is 2. The summed E-state index contributed by atoms with van der Waals surface area (Å²) in [5.74, 6) is -2.24. The minimum Gasteiger partial charge on any atom is -0.349 e. The normalized spacial score (nSPS) is 11.5. The molecule has 0 spiro atoms. The maximum absolute atomic E-state index is 8.91. The third-order valence-electron chi connectivity index (χ3n) is 0.929. The molecule has 1 aromatic heterocycles. The van der Waals surface area contributed by atoms with Crippen molar-refractivity contribution in [1.82, 2.24) is 15.0 Å². The lowest BCUT2D eigenvalue weighted by Crippen LogP contribution is -2.34. The first-order valence-corrected chi connectivity index (χ1v) is 3.92. The fourth-order valence-corrected chi connectivity index (χ4v) is 0.957. The van der Waals surface area contributed by atoms with Crippen LogP contribution in [0.5, 0.6) is 0 Å². The van der Waals surface area contributed by atoms with Gasteiger partial charge in [0.25, 0.3) is 0 Å². The molecule has 1 aromatic rings. The van der Waals surface area contributed by atoms with Crippen LogP contribution < -0.4 is 5.32 Å². The summed E-state index contributed by atoms with van der Waals surface area (Å²) in [6, 6.07) is 0. The van der Waals surface area contributed by atoms with E-state index >= 15 is 0 Å². The van der Waals surface area contributed by atoms with Gasteiger partial charge in [-0.3, -0.25) is 0 Å². The van der Waals surface area contributed by atoms with Crippen LogP contribution in [-0.2, 0) is 0 Å². The van der Waals surface area contributed by atoms with Crippen LogP contribution in [0.25, 0.3) is 0 Å². The molecule has 0 aromatic carbocycles. The van der Waals surface area contributed by atoms with Crippen LogP contribution in [0.15, 0.2) is 0 Å². The first-order chi connectivity index (χ1) is 5.87. The Morgan fingerprint density at radius 1 is 1.15 bits per heavy atom. The number of aliphatic hydroxyl groups is 2. The molecule has 0 amide bonds. The van der Waals surface area contributed by atoms with Crippen molar-refractivity contribution in [2.45, 2.75) is 12.8 Å². The molecule has 13 heavy (non-hydrogen) atoms. The molecule has 72 valence electrons. The summed E-state index contributed by atoms with van der Waals surface area (Å²) in [4.78, 5) is 10.6. The minimum absolute atomic E-state index is 0.113.